The Bertz CT molecular complexity index is 605. The van der Waals surface area contributed by atoms with E-state index in [1.807, 2.05) is 17.0 Å². The van der Waals surface area contributed by atoms with Gasteiger partial charge in [-0.3, -0.25) is 4.79 Å². The highest BCUT2D eigenvalue weighted by molar-refractivity contribution is 5.79. The number of carbonyl (C=O) groups excluding carboxylic acids is 1. The Kier molecular flexibility index (Phi) is 5.26. The van der Waals surface area contributed by atoms with Crippen LogP contribution in [0.1, 0.15) is 17.5 Å². The lowest BCUT2D eigenvalue weighted by Crippen LogP contribution is -2.40. The van der Waals surface area contributed by atoms with Gasteiger partial charge in [0.1, 0.15) is 0 Å². The molecule has 1 atom stereocenters. The fourth-order valence-electron chi connectivity index (χ4n) is 3.75. The monoisotopic (exact) mass is 333 g/mol. The average Bonchev–Trinajstić information content (AvgIpc) is 3.08. The summed E-state index contributed by atoms with van der Waals surface area (Å²) in [7, 11) is 3.29. The Balaban J connectivity index is 1.69. The largest absolute Gasteiger partial charge is 0.493 e. The van der Waals surface area contributed by atoms with Crippen molar-refractivity contribution >= 4 is 5.91 Å². The second kappa shape index (κ2) is 7.40. The van der Waals surface area contributed by atoms with Crippen LogP contribution >= 0.6 is 0 Å². The number of nitrogens with zero attached hydrogens (tertiary/aromatic N) is 2. The summed E-state index contributed by atoms with van der Waals surface area (Å²) in [5.74, 6) is 1.86. The molecule has 2 N–H and O–H groups in total. The van der Waals surface area contributed by atoms with Crippen LogP contribution < -0.4 is 15.2 Å². The van der Waals surface area contributed by atoms with E-state index in [0.717, 1.165) is 56.1 Å². The van der Waals surface area contributed by atoms with E-state index in [4.69, 9.17) is 15.2 Å². The van der Waals surface area contributed by atoms with Gasteiger partial charge in [0.2, 0.25) is 5.91 Å². The smallest absolute Gasteiger partial charge is 0.227 e. The maximum absolute atomic E-state index is 12.8. The van der Waals surface area contributed by atoms with Gasteiger partial charge in [-0.05, 0) is 42.6 Å². The van der Waals surface area contributed by atoms with Crippen molar-refractivity contribution in [2.45, 2.75) is 19.4 Å². The Morgan fingerprint density at radius 3 is 2.58 bits per heavy atom. The van der Waals surface area contributed by atoms with Gasteiger partial charge >= 0.3 is 0 Å². The molecule has 1 aromatic rings. The minimum Gasteiger partial charge on any atom is -0.493 e. The number of hydrogen-bond donors (Lipinski definition) is 1. The van der Waals surface area contributed by atoms with E-state index in [0.29, 0.717) is 13.1 Å². The standard InChI is InChI=1S/C18H27N3O3/c1-23-16-9-13-4-7-21(12-15(13)10-17(16)24-2)18(22)14-3-6-20(11-14)8-5-19/h9-10,14H,3-8,11-12,19H2,1-2H3. The molecule has 2 heterocycles. The van der Waals surface area contributed by atoms with Crippen molar-refractivity contribution in [3.8, 4) is 11.5 Å². The van der Waals surface area contributed by atoms with Gasteiger partial charge in [0.25, 0.3) is 0 Å². The van der Waals surface area contributed by atoms with Crippen LogP contribution in [-0.4, -0.2) is 62.7 Å². The molecular weight excluding hydrogens is 306 g/mol. The fraction of sp³-hybridized carbons (Fsp3) is 0.611. The van der Waals surface area contributed by atoms with E-state index >= 15 is 0 Å². The van der Waals surface area contributed by atoms with Gasteiger partial charge in [0.15, 0.2) is 11.5 Å². The molecule has 6 heteroatoms. The molecule has 0 spiro atoms. The van der Waals surface area contributed by atoms with Crippen molar-refractivity contribution in [2.75, 3.05) is 46.9 Å². The Morgan fingerprint density at radius 1 is 1.21 bits per heavy atom. The molecule has 1 saturated heterocycles. The first kappa shape index (κ1) is 17.0. The van der Waals surface area contributed by atoms with Crippen molar-refractivity contribution in [1.82, 2.24) is 9.80 Å². The molecule has 2 aliphatic rings. The number of hydrogen-bond acceptors (Lipinski definition) is 5. The SMILES string of the molecule is COc1cc2c(cc1OC)CN(C(=O)C1CCN(CCN)C1)CC2. The maximum Gasteiger partial charge on any atom is 0.227 e. The molecule has 0 saturated carbocycles. The lowest BCUT2D eigenvalue weighted by Gasteiger charge is -2.31. The summed E-state index contributed by atoms with van der Waals surface area (Å²) in [6.45, 7) is 4.77. The van der Waals surface area contributed by atoms with Gasteiger partial charge in [0, 0.05) is 32.7 Å². The van der Waals surface area contributed by atoms with Crippen LogP contribution in [0.5, 0.6) is 11.5 Å². The third kappa shape index (κ3) is 3.35. The molecule has 2 aliphatic heterocycles. The molecular formula is C18H27N3O3. The van der Waals surface area contributed by atoms with Crippen molar-refractivity contribution in [3.05, 3.63) is 23.3 Å². The summed E-state index contributed by atoms with van der Waals surface area (Å²) in [6, 6.07) is 4.04. The molecule has 0 radical (unpaired) electrons. The van der Waals surface area contributed by atoms with Gasteiger partial charge in [-0.15, -0.1) is 0 Å². The van der Waals surface area contributed by atoms with Crippen LogP contribution in [0.3, 0.4) is 0 Å². The predicted octanol–water partition coefficient (Wildman–Crippen LogP) is 0.869. The average molecular weight is 333 g/mol. The first-order valence-corrected chi connectivity index (χ1v) is 8.61. The summed E-state index contributed by atoms with van der Waals surface area (Å²) in [5.41, 5.74) is 8.02. The van der Waals surface area contributed by atoms with Crippen LogP contribution in [0.25, 0.3) is 0 Å². The minimum atomic E-state index is 0.109. The van der Waals surface area contributed by atoms with Gasteiger partial charge in [-0.1, -0.05) is 0 Å². The fourth-order valence-corrected chi connectivity index (χ4v) is 3.75. The number of likely N-dealkylation sites (tertiary alicyclic amines) is 1. The molecule has 0 aliphatic carbocycles. The number of fused-ring (bicyclic) bond motifs is 1. The normalized spacial score (nSPS) is 20.8. The zero-order valence-corrected chi connectivity index (χ0v) is 14.6. The number of methoxy groups -OCH3 is 2. The van der Waals surface area contributed by atoms with E-state index in [9.17, 15) is 4.79 Å². The number of ether oxygens (including phenoxy) is 2. The first-order chi connectivity index (χ1) is 11.7. The summed E-state index contributed by atoms with van der Waals surface area (Å²) >= 11 is 0. The molecule has 1 aromatic carbocycles. The summed E-state index contributed by atoms with van der Waals surface area (Å²) in [6.07, 6.45) is 1.80. The number of amides is 1. The predicted molar refractivity (Wildman–Crippen MR) is 92.3 cm³/mol. The zero-order chi connectivity index (χ0) is 17.1. The lowest BCUT2D eigenvalue weighted by atomic mass is 9.97. The first-order valence-electron chi connectivity index (χ1n) is 8.61. The van der Waals surface area contributed by atoms with Crippen LogP contribution in [0.15, 0.2) is 12.1 Å². The topological polar surface area (TPSA) is 68.0 Å². The van der Waals surface area contributed by atoms with Gasteiger partial charge in [-0.25, -0.2) is 0 Å². The highest BCUT2D eigenvalue weighted by Gasteiger charge is 2.32. The molecule has 0 aromatic heterocycles. The number of carbonyl (C=O) groups is 1. The van der Waals surface area contributed by atoms with Crippen molar-refractivity contribution < 1.29 is 14.3 Å². The Hall–Kier alpha value is -1.79. The van der Waals surface area contributed by atoms with Gasteiger partial charge in [-0.2, -0.15) is 0 Å². The second-order valence-corrected chi connectivity index (χ2v) is 6.56. The highest BCUT2D eigenvalue weighted by atomic mass is 16.5. The Morgan fingerprint density at radius 2 is 1.92 bits per heavy atom. The highest BCUT2D eigenvalue weighted by Crippen LogP contribution is 2.33. The molecule has 1 unspecified atom stereocenters. The number of benzene rings is 1. The van der Waals surface area contributed by atoms with Crippen molar-refractivity contribution in [1.29, 1.82) is 0 Å². The van der Waals surface area contributed by atoms with Gasteiger partial charge in [0.05, 0.1) is 20.1 Å². The maximum atomic E-state index is 12.8. The van der Waals surface area contributed by atoms with E-state index in [1.54, 1.807) is 14.2 Å². The molecule has 6 nitrogen and oxygen atoms in total. The lowest BCUT2D eigenvalue weighted by molar-refractivity contribution is -0.136. The molecule has 1 amide bonds. The summed E-state index contributed by atoms with van der Waals surface area (Å²) in [4.78, 5) is 17.1. The summed E-state index contributed by atoms with van der Waals surface area (Å²) < 4.78 is 10.8. The number of nitrogens with two attached hydrogens (primary N) is 1. The van der Waals surface area contributed by atoms with E-state index < -0.39 is 0 Å². The molecule has 24 heavy (non-hydrogen) atoms. The van der Waals surface area contributed by atoms with Crippen LogP contribution in [0, 0.1) is 5.92 Å². The molecule has 132 valence electrons. The summed E-state index contributed by atoms with van der Waals surface area (Å²) in [5, 5.41) is 0. The minimum absolute atomic E-state index is 0.109. The molecule has 1 fully saturated rings. The zero-order valence-electron chi connectivity index (χ0n) is 14.6. The van der Waals surface area contributed by atoms with E-state index in [1.165, 1.54) is 5.56 Å². The quantitative estimate of drug-likeness (QED) is 0.866. The third-order valence-corrected chi connectivity index (χ3v) is 5.10. The van der Waals surface area contributed by atoms with Crippen LogP contribution in [-0.2, 0) is 17.8 Å². The van der Waals surface area contributed by atoms with E-state index in [-0.39, 0.29) is 11.8 Å². The van der Waals surface area contributed by atoms with Crippen molar-refractivity contribution in [3.63, 3.8) is 0 Å². The second-order valence-electron chi connectivity index (χ2n) is 6.56. The molecule has 3 rings (SSSR count). The Labute approximate surface area is 143 Å². The van der Waals surface area contributed by atoms with Crippen molar-refractivity contribution in [2.24, 2.45) is 11.7 Å². The van der Waals surface area contributed by atoms with Gasteiger partial charge < -0.3 is 25.0 Å². The third-order valence-electron chi connectivity index (χ3n) is 5.10. The van der Waals surface area contributed by atoms with Crippen LogP contribution in [0.2, 0.25) is 0 Å². The van der Waals surface area contributed by atoms with Crippen LogP contribution in [0.4, 0.5) is 0 Å². The van der Waals surface area contributed by atoms with E-state index in [2.05, 4.69) is 4.90 Å². The molecule has 0 bridgehead atoms. The number of rotatable bonds is 5.